The molecule has 0 radical (unpaired) electrons. The molecule has 2 unspecified atom stereocenters. The zero-order chi connectivity index (χ0) is 25.1. The summed E-state index contributed by atoms with van der Waals surface area (Å²) in [4.78, 5) is 53.9. The Bertz CT molecular complexity index is 1540. The molecule has 3 aromatic carbocycles. The van der Waals surface area contributed by atoms with Gasteiger partial charge in [0, 0.05) is 30.6 Å². The second kappa shape index (κ2) is 8.30. The minimum absolute atomic E-state index is 0.0150. The predicted molar refractivity (Wildman–Crippen MR) is 138 cm³/mol. The standard InChI is InChI=1S/C29H25N5O3/c35-25(32-16-7-14-24(32)26-30-21-11-4-5-12-22(21)31-26)15-17-33-27-18-8-1-2-9-19(18)29(37)34(27)23-13-6-3-10-20(23)28(33)36/h1-6,8-13,24,27H,7,14-17H2,(H,30,31). The van der Waals surface area contributed by atoms with E-state index in [4.69, 9.17) is 4.98 Å². The van der Waals surface area contributed by atoms with Gasteiger partial charge in [0.25, 0.3) is 11.8 Å². The average molecular weight is 492 g/mol. The van der Waals surface area contributed by atoms with E-state index in [2.05, 4.69) is 4.98 Å². The first kappa shape index (κ1) is 21.8. The number of aromatic amines is 1. The first-order valence-electron chi connectivity index (χ1n) is 12.7. The van der Waals surface area contributed by atoms with Gasteiger partial charge in [0.1, 0.15) is 12.0 Å². The van der Waals surface area contributed by atoms with Crippen LogP contribution in [-0.2, 0) is 4.79 Å². The summed E-state index contributed by atoms with van der Waals surface area (Å²) in [6, 6.07) is 22.4. The molecule has 37 heavy (non-hydrogen) atoms. The van der Waals surface area contributed by atoms with Crippen LogP contribution in [0.3, 0.4) is 0 Å². The second-order valence-electron chi connectivity index (χ2n) is 9.79. The number of hydrogen-bond donors (Lipinski definition) is 1. The molecule has 0 bridgehead atoms. The zero-order valence-electron chi connectivity index (χ0n) is 20.1. The topological polar surface area (TPSA) is 89.6 Å². The Hall–Kier alpha value is -4.46. The number of likely N-dealkylation sites (tertiary alicyclic amines) is 1. The third-order valence-corrected chi connectivity index (χ3v) is 7.75. The van der Waals surface area contributed by atoms with E-state index in [-0.39, 0.29) is 36.7 Å². The van der Waals surface area contributed by atoms with Crippen LogP contribution >= 0.6 is 0 Å². The van der Waals surface area contributed by atoms with E-state index < -0.39 is 6.17 Å². The number of carbonyl (C=O) groups is 3. The molecule has 3 aliphatic heterocycles. The van der Waals surface area contributed by atoms with Crippen molar-refractivity contribution in [3.05, 3.63) is 95.3 Å². The number of nitrogens with one attached hydrogen (secondary N) is 1. The maximum Gasteiger partial charge on any atom is 0.260 e. The molecule has 184 valence electrons. The molecule has 7 rings (SSSR count). The Labute approximate surface area is 213 Å². The summed E-state index contributed by atoms with van der Waals surface area (Å²) < 4.78 is 0. The number of imidazole rings is 1. The molecule has 8 heteroatoms. The summed E-state index contributed by atoms with van der Waals surface area (Å²) in [5.74, 6) is 0.501. The highest BCUT2D eigenvalue weighted by Gasteiger charge is 2.47. The van der Waals surface area contributed by atoms with Crippen LogP contribution in [-0.4, -0.2) is 50.6 Å². The van der Waals surface area contributed by atoms with Crippen LogP contribution in [0.2, 0.25) is 0 Å². The van der Waals surface area contributed by atoms with E-state index >= 15 is 0 Å². The van der Waals surface area contributed by atoms with Crippen molar-refractivity contribution in [3.8, 4) is 0 Å². The number of hydrogen-bond acceptors (Lipinski definition) is 4. The first-order valence-corrected chi connectivity index (χ1v) is 12.7. The SMILES string of the molecule is O=C(CCN1C(=O)c2ccccc2N2C(=O)c3ccccc3C12)N1CCCC1c1nc2ccccc2[nH]1. The van der Waals surface area contributed by atoms with Crippen molar-refractivity contribution in [1.82, 2.24) is 19.8 Å². The highest BCUT2D eigenvalue weighted by Crippen LogP contribution is 2.45. The molecule has 1 N–H and O–H groups in total. The van der Waals surface area contributed by atoms with Crippen molar-refractivity contribution in [3.63, 3.8) is 0 Å². The van der Waals surface area contributed by atoms with Crippen LogP contribution in [0.5, 0.6) is 0 Å². The van der Waals surface area contributed by atoms with E-state index in [0.717, 1.165) is 35.3 Å². The van der Waals surface area contributed by atoms with Gasteiger partial charge in [-0.1, -0.05) is 42.5 Å². The van der Waals surface area contributed by atoms with Gasteiger partial charge in [0.05, 0.1) is 28.3 Å². The number of amides is 3. The molecule has 3 amide bonds. The van der Waals surface area contributed by atoms with Gasteiger partial charge in [0.15, 0.2) is 0 Å². The van der Waals surface area contributed by atoms with E-state index in [9.17, 15) is 14.4 Å². The van der Waals surface area contributed by atoms with Crippen LogP contribution in [0.15, 0.2) is 72.8 Å². The molecule has 0 saturated carbocycles. The number of benzene rings is 3. The molecular weight excluding hydrogens is 466 g/mol. The lowest BCUT2D eigenvalue weighted by molar-refractivity contribution is -0.132. The highest BCUT2D eigenvalue weighted by atomic mass is 16.2. The van der Waals surface area contributed by atoms with E-state index in [1.807, 2.05) is 59.5 Å². The minimum atomic E-state index is -0.552. The maximum absolute atomic E-state index is 13.6. The Balaban J connectivity index is 1.17. The molecular formula is C29H25N5O3. The Morgan fingerprint density at radius 3 is 2.54 bits per heavy atom. The number of para-hydroxylation sites is 3. The summed E-state index contributed by atoms with van der Waals surface area (Å²) in [5, 5.41) is 0. The van der Waals surface area contributed by atoms with Crippen LogP contribution in [0.1, 0.15) is 63.6 Å². The van der Waals surface area contributed by atoms with Crippen molar-refractivity contribution < 1.29 is 14.4 Å². The van der Waals surface area contributed by atoms with Crippen LogP contribution < -0.4 is 4.90 Å². The van der Waals surface area contributed by atoms with Gasteiger partial charge in [-0.2, -0.15) is 0 Å². The van der Waals surface area contributed by atoms with Crippen molar-refractivity contribution >= 4 is 34.4 Å². The number of rotatable bonds is 4. The second-order valence-corrected chi connectivity index (χ2v) is 9.79. The third-order valence-electron chi connectivity index (χ3n) is 7.75. The molecule has 1 aromatic heterocycles. The number of anilines is 1. The fourth-order valence-corrected chi connectivity index (χ4v) is 6.04. The summed E-state index contributed by atoms with van der Waals surface area (Å²) in [7, 11) is 0. The Morgan fingerprint density at radius 2 is 1.68 bits per heavy atom. The van der Waals surface area contributed by atoms with Gasteiger partial charge < -0.3 is 14.8 Å². The molecule has 4 heterocycles. The molecule has 0 aliphatic carbocycles. The maximum atomic E-state index is 13.6. The molecule has 2 atom stereocenters. The quantitative estimate of drug-likeness (QED) is 0.457. The summed E-state index contributed by atoms with van der Waals surface area (Å²) in [5.41, 5.74) is 4.33. The summed E-state index contributed by atoms with van der Waals surface area (Å²) >= 11 is 0. The third kappa shape index (κ3) is 3.28. The van der Waals surface area contributed by atoms with E-state index in [1.54, 1.807) is 28.0 Å². The van der Waals surface area contributed by atoms with E-state index in [1.165, 1.54) is 0 Å². The average Bonchev–Trinajstić information content (AvgIpc) is 3.65. The van der Waals surface area contributed by atoms with Gasteiger partial charge in [0.2, 0.25) is 5.91 Å². The zero-order valence-corrected chi connectivity index (χ0v) is 20.1. The fraction of sp³-hybridized carbons (Fsp3) is 0.241. The summed E-state index contributed by atoms with van der Waals surface area (Å²) in [6.45, 7) is 0.881. The van der Waals surface area contributed by atoms with Gasteiger partial charge in [-0.25, -0.2) is 4.98 Å². The van der Waals surface area contributed by atoms with Crippen LogP contribution in [0.25, 0.3) is 11.0 Å². The van der Waals surface area contributed by atoms with Crippen molar-refractivity contribution in [1.29, 1.82) is 0 Å². The number of carbonyl (C=O) groups excluding carboxylic acids is 3. The van der Waals surface area contributed by atoms with Crippen molar-refractivity contribution in [2.75, 3.05) is 18.0 Å². The number of nitrogens with zero attached hydrogens (tertiary/aromatic N) is 4. The monoisotopic (exact) mass is 491 g/mol. The largest absolute Gasteiger partial charge is 0.340 e. The number of H-pyrrole nitrogens is 1. The lowest BCUT2D eigenvalue weighted by atomic mass is 10.0. The lowest BCUT2D eigenvalue weighted by Gasteiger charge is -2.41. The van der Waals surface area contributed by atoms with Crippen molar-refractivity contribution in [2.45, 2.75) is 31.5 Å². The molecule has 4 aromatic rings. The number of fused-ring (bicyclic) bond motifs is 6. The number of aromatic nitrogens is 2. The van der Waals surface area contributed by atoms with Crippen molar-refractivity contribution in [2.24, 2.45) is 0 Å². The molecule has 1 saturated heterocycles. The van der Waals surface area contributed by atoms with Gasteiger partial charge in [-0.3, -0.25) is 19.3 Å². The first-order chi connectivity index (χ1) is 18.1. The van der Waals surface area contributed by atoms with Crippen LogP contribution in [0.4, 0.5) is 5.69 Å². The highest BCUT2D eigenvalue weighted by molar-refractivity contribution is 6.16. The summed E-state index contributed by atoms with van der Waals surface area (Å²) in [6.07, 6.45) is 1.37. The van der Waals surface area contributed by atoms with Crippen LogP contribution in [0, 0.1) is 0 Å². The minimum Gasteiger partial charge on any atom is -0.340 e. The van der Waals surface area contributed by atoms with Gasteiger partial charge in [-0.15, -0.1) is 0 Å². The molecule has 1 fully saturated rings. The normalized spacial score (nSPS) is 20.4. The smallest absolute Gasteiger partial charge is 0.260 e. The fourth-order valence-electron chi connectivity index (χ4n) is 6.04. The lowest BCUT2D eigenvalue weighted by Crippen LogP contribution is -2.49. The Morgan fingerprint density at radius 1 is 0.919 bits per heavy atom. The molecule has 0 spiro atoms. The van der Waals surface area contributed by atoms with Gasteiger partial charge >= 0.3 is 0 Å². The molecule has 8 nitrogen and oxygen atoms in total. The Kier molecular flexibility index (Phi) is 4.89. The predicted octanol–water partition coefficient (Wildman–Crippen LogP) is 4.43. The molecule has 3 aliphatic rings. The van der Waals surface area contributed by atoms with E-state index in [0.29, 0.717) is 23.4 Å². The van der Waals surface area contributed by atoms with Gasteiger partial charge in [-0.05, 0) is 43.2 Å².